The van der Waals surface area contributed by atoms with Crippen molar-refractivity contribution in [2.24, 2.45) is 0 Å². The van der Waals surface area contributed by atoms with Crippen molar-refractivity contribution in [1.82, 2.24) is 0 Å². The molecule has 0 aromatic heterocycles. The van der Waals surface area contributed by atoms with Gasteiger partial charge >= 0.3 is 0 Å². The minimum absolute atomic E-state index is 0.122. The van der Waals surface area contributed by atoms with E-state index in [4.69, 9.17) is 28.4 Å². The molecule has 2 aliphatic heterocycles. The standard InChI is InChI=1S/C29H28O6/c1-19(35-27-9-5-21-4-8-26(12-23(21)13-27)32-16-29-18-34-29)14-30-24-6-2-20-3-7-25(11-22(20)10-24)31-15-28-17-33-28/h2-13,19,28-29H,14-18H2,1H3. The highest BCUT2D eigenvalue weighted by molar-refractivity contribution is 5.86. The van der Waals surface area contributed by atoms with Crippen LogP contribution in [0.2, 0.25) is 0 Å². The van der Waals surface area contributed by atoms with Gasteiger partial charge in [0, 0.05) is 0 Å². The summed E-state index contributed by atoms with van der Waals surface area (Å²) >= 11 is 0. The van der Waals surface area contributed by atoms with Gasteiger partial charge in [0.2, 0.25) is 0 Å². The first-order chi connectivity index (χ1) is 17.2. The van der Waals surface area contributed by atoms with E-state index in [-0.39, 0.29) is 18.3 Å². The SMILES string of the molecule is CC(COc1ccc2ccc(OCC3CO3)cc2c1)Oc1ccc2ccc(OCC3CO3)cc2c1. The number of epoxide rings is 2. The lowest BCUT2D eigenvalue weighted by Gasteiger charge is -2.16. The Morgan fingerprint density at radius 3 is 1.54 bits per heavy atom. The van der Waals surface area contributed by atoms with Gasteiger partial charge in [-0.1, -0.05) is 24.3 Å². The molecule has 3 atom stereocenters. The molecule has 4 aromatic rings. The lowest BCUT2D eigenvalue weighted by atomic mass is 10.1. The summed E-state index contributed by atoms with van der Waals surface area (Å²) in [7, 11) is 0. The van der Waals surface area contributed by atoms with Crippen molar-refractivity contribution >= 4 is 21.5 Å². The Balaban J connectivity index is 1.07. The molecule has 2 fully saturated rings. The molecule has 180 valence electrons. The number of fused-ring (bicyclic) bond motifs is 2. The smallest absolute Gasteiger partial charge is 0.130 e. The molecule has 0 N–H and O–H groups in total. The van der Waals surface area contributed by atoms with Gasteiger partial charge in [0.25, 0.3) is 0 Å². The molecule has 35 heavy (non-hydrogen) atoms. The Kier molecular flexibility index (Phi) is 6.06. The number of rotatable bonds is 11. The van der Waals surface area contributed by atoms with E-state index in [9.17, 15) is 0 Å². The zero-order valence-corrected chi connectivity index (χ0v) is 19.6. The van der Waals surface area contributed by atoms with Crippen molar-refractivity contribution in [2.45, 2.75) is 25.2 Å². The largest absolute Gasteiger partial charge is 0.491 e. The van der Waals surface area contributed by atoms with E-state index < -0.39 is 0 Å². The van der Waals surface area contributed by atoms with Crippen molar-refractivity contribution in [3.8, 4) is 23.0 Å². The Hall–Kier alpha value is -3.48. The van der Waals surface area contributed by atoms with E-state index in [1.54, 1.807) is 0 Å². The predicted octanol–water partition coefficient (Wildman–Crippen LogP) is 5.39. The third-order valence-corrected chi connectivity index (χ3v) is 6.06. The van der Waals surface area contributed by atoms with Crippen molar-refractivity contribution in [3.05, 3.63) is 72.8 Å². The van der Waals surface area contributed by atoms with Gasteiger partial charge in [0.15, 0.2) is 0 Å². The van der Waals surface area contributed by atoms with Crippen LogP contribution in [0, 0.1) is 0 Å². The number of hydrogen-bond donors (Lipinski definition) is 0. The molecular formula is C29H28O6. The summed E-state index contributed by atoms with van der Waals surface area (Å²) < 4.78 is 34.2. The van der Waals surface area contributed by atoms with Crippen LogP contribution in [0.15, 0.2) is 72.8 Å². The quantitative estimate of drug-likeness (QED) is 0.273. The zero-order chi connectivity index (χ0) is 23.6. The Morgan fingerprint density at radius 2 is 1.06 bits per heavy atom. The van der Waals surface area contributed by atoms with E-state index in [1.807, 2.05) is 55.5 Å². The minimum Gasteiger partial charge on any atom is -0.491 e. The van der Waals surface area contributed by atoms with Crippen LogP contribution >= 0.6 is 0 Å². The Bertz CT molecular complexity index is 1330. The second-order valence-corrected chi connectivity index (χ2v) is 9.11. The molecule has 2 heterocycles. The van der Waals surface area contributed by atoms with Crippen molar-refractivity contribution in [2.75, 3.05) is 33.0 Å². The van der Waals surface area contributed by atoms with Gasteiger partial charge in [-0.05, 0) is 77.0 Å². The molecule has 2 aliphatic rings. The first-order valence-corrected chi connectivity index (χ1v) is 12.0. The summed E-state index contributed by atoms with van der Waals surface area (Å²) in [6, 6.07) is 24.3. The summed E-state index contributed by atoms with van der Waals surface area (Å²) in [5, 5.41) is 4.43. The third kappa shape index (κ3) is 5.78. The van der Waals surface area contributed by atoms with Gasteiger partial charge < -0.3 is 28.4 Å². The summed E-state index contributed by atoms with van der Waals surface area (Å²) in [6.07, 6.45) is 0.353. The molecule has 6 rings (SSSR count). The van der Waals surface area contributed by atoms with Gasteiger partial charge in [0.1, 0.15) is 61.1 Å². The summed E-state index contributed by atoms with van der Waals surface area (Å²) in [6.45, 7) is 5.20. The van der Waals surface area contributed by atoms with Crippen LogP contribution in [-0.2, 0) is 9.47 Å². The molecule has 0 aliphatic carbocycles. The van der Waals surface area contributed by atoms with Crippen LogP contribution in [0.25, 0.3) is 21.5 Å². The van der Waals surface area contributed by atoms with Crippen LogP contribution < -0.4 is 18.9 Å². The van der Waals surface area contributed by atoms with Gasteiger partial charge in [-0.3, -0.25) is 0 Å². The molecule has 4 aromatic carbocycles. The van der Waals surface area contributed by atoms with Gasteiger partial charge in [-0.2, -0.15) is 0 Å². The van der Waals surface area contributed by atoms with E-state index >= 15 is 0 Å². The van der Waals surface area contributed by atoms with Crippen LogP contribution in [-0.4, -0.2) is 51.3 Å². The maximum absolute atomic E-state index is 6.14. The maximum atomic E-state index is 6.14. The fraction of sp³-hybridized carbons (Fsp3) is 0.310. The number of hydrogen-bond acceptors (Lipinski definition) is 6. The van der Waals surface area contributed by atoms with Crippen LogP contribution in [0.3, 0.4) is 0 Å². The van der Waals surface area contributed by atoms with Gasteiger partial charge in [-0.15, -0.1) is 0 Å². The highest BCUT2D eigenvalue weighted by Crippen LogP contribution is 2.28. The molecule has 0 saturated carbocycles. The van der Waals surface area contributed by atoms with Crippen LogP contribution in [0.4, 0.5) is 0 Å². The third-order valence-electron chi connectivity index (χ3n) is 6.06. The molecule has 0 amide bonds. The topological polar surface area (TPSA) is 62.0 Å². The monoisotopic (exact) mass is 472 g/mol. The molecular weight excluding hydrogens is 444 g/mol. The van der Waals surface area contributed by atoms with Gasteiger partial charge in [0.05, 0.1) is 13.2 Å². The normalized spacial score (nSPS) is 19.3. The molecule has 6 nitrogen and oxygen atoms in total. The molecule has 6 heteroatoms. The lowest BCUT2D eigenvalue weighted by Crippen LogP contribution is -2.21. The Labute approximate surface area is 204 Å². The minimum atomic E-state index is -0.122. The first kappa shape index (κ1) is 22.0. The van der Waals surface area contributed by atoms with E-state index in [0.29, 0.717) is 19.8 Å². The first-order valence-electron chi connectivity index (χ1n) is 12.0. The van der Waals surface area contributed by atoms with Crippen molar-refractivity contribution < 1.29 is 28.4 Å². The van der Waals surface area contributed by atoms with Crippen LogP contribution in [0.5, 0.6) is 23.0 Å². The molecule has 2 saturated heterocycles. The van der Waals surface area contributed by atoms with Crippen molar-refractivity contribution in [3.63, 3.8) is 0 Å². The Morgan fingerprint density at radius 1 is 0.629 bits per heavy atom. The lowest BCUT2D eigenvalue weighted by molar-refractivity contribution is 0.143. The molecule has 0 spiro atoms. The second-order valence-electron chi connectivity index (χ2n) is 9.11. The average molecular weight is 473 g/mol. The predicted molar refractivity (Wildman–Crippen MR) is 134 cm³/mol. The average Bonchev–Trinajstić information content (AvgIpc) is 3.80. The fourth-order valence-corrected chi connectivity index (χ4v) is 3.94. The van der Waals surface area contributed by atoms with E-state index in [0.717, 1.165) is 57.8 Å². The van der Waals surface area contributed by atoms with E-state index in [1.165, 1.54) is 0 Å². The highest BCUT2D eigenvalue weighted by Gasteiger charge is 2.23. The van der Waals surface area contributed by atoms with Crippen molar-refractivity contribution in [1.29, 1.82) is 0 Å². The summed E-state index contributed by atoms with van der Waals surface area (Å²) in [5.74, 6) is 3.28. The highest BCUT2D eigenvalue weighted by atomic mass is 16.6. The van der Waals surface area contributed by atoms with Gasteiger partial charge in [-0.25, -0.2) is 0 Å². The number of benzene rings is 4. The van der Waals surface area contributed by atoms with E-state index in [2.05, 4.69) is 24.3 Å². The number of ether oxygens (including phenoxy) is 6. The summed E-state index contributed by atoms with van der Waals surface area (Å²) in [4.78, 5) is 0. The summed E-state index contributed by atoms with van der Waals surface area (Å²) in [5.41, 5.74) is 0. The molecule has 3 unspecified atom stereocenters. The second kappa shape index (κ2) is 9.64. The zero-order valence-electron chi connectivity index (χ0n) is 19.6. The maximum Gasteiger partial charge on any atom is 0.130 e. The fourth-order valence-electron chi connectivity index (χ4n) is 3.94. The van der Waals surface area contributed by atoms with Crippen LogP contribution in [0.1, 0.15) is 6.92 Å². The molecule has 0 radical (unpaired) electrons. The molecule has 0 bridgehead atoms.